The van der Waals surface area contributed by atoms with E-state index in [2.05, 4.69) is 43.5 Å². The zero-order chi connectivity index (χ0) is 41.2. The third-order valence-electron chi connectivity index (χ3n) is 11.3. The van der Waals surface area contributed by atoms with E-state index in [9.17, 15) is 28.0 Å². The Morgan fingerprint density at radius 3 is 1.25 bits per heavy atom. The quantitative estimate of drug-likeness (QED) is 0.0276. The van der Waals surface area contributed by atoms with E-state index in [1.807, 2.05) is 0 Å². The maximum atomic E-state index is 12.7. The monoisotopic (exact) mass is 812 g/mol. The first-order valence-electron chi connectivity index (χ1n) is 24.1. The molecule has 8 heteroatoms. The number of allylic oxidation sites excluding steroid dienone is 4. The number of nitrogens with one attached hydrogen (secondary N) is 1. The molecule has 0 fully saturated rings. The van der Waals surface area contributed by atoms with Crippen LogP contribution in [-0.4, -0.2) is 53.1 Å². The van der Waals surface area contributed by atoms with E-state index in [0.29, 0.717) is 19.3 Å². The Morgan fingerprint density at radius 2 is 0.857 bits per heavy atom. The van der Waals surface area contributed by atoms with Crippen molar-refractivity contribution < 1.29 is 28.0 Å². The van der Waals surface area contributed by atoms with Gasteiger partial charge in [-0.05, 0) is 38.5 Å². The molecule has 3 atom stereocenters. The van der Waals surface area contributed by atoms with Crippen LogP contribution in [0.15, 0.2) is 24.3 Å². The second kappa shape index (κ2) is 41.9. The third kappa shape index (κ3) is 41.0. The van der Waals surface area contributed by atoms with Gasteiger partial charge in [-0.15, -0.1) is 0 Å². The normalized spacial score (nSPS) is 13.9. The molecule has 0 heterocycles. The lowest BCUT2D eigenvalue weighted by molar-refractivity contribution is -0.131. The molecular formula is C48H93NO6S. The summed E-state index contributed by atoms with van der Waals surface area (Å²) in [6.45, 7) is 4.44. The maximum Gasteiger partial charge on any atom is 0.266 e. The SMILES string of the molecule is CC/C=C\C/C=C\CCCCCCCCCCCCCCCC(O)C(=O)NC(CS(=O)(=O)O)C(O)CCCCCCCCCCCCCCCCCCCCC. The van der Waals surface area contributed by atoms with Crippen LogP contribution in [0, 0.1) is 0 Å². The molecule has 0 rings (SSSR count). The number of hydrogen-bond acceptors (Lipinski definition) is 5. The summed E-state index contributed by atoms with van der Waals surface area (Å²) in [6.07, 6.45) is 50.6. The van der Waals surface area contributed by atoms with Gasteiger partial charge in [0.1, 0.15) is 6.10 Å². The molecule has 4 N–H and O–H groups in total. The van der Waals surface area contributed by atoms with Crippen molar-refractivity contribution in [1.82, 2.24) is 5.32 Å². The molecule has 0 aromatic rings. The van der Waals surface area contributed by atoms with E-state index >= 15 is 0 Å². The molecule has 0 spiro atoms. The summed E-state index contributed by atoms with van der Waals surface area (Å²) >= 11 is 0. The van der Waals surface area contributed by atoms with Gasteiger partial charge in [-0.2, -0.15) is 8.42 Å². The number of amides is 1. The first kappa shape index (κ1) is 54.8. The number of hydrogen-bond donors (Lipinski definition) is 4. The number of carbonyl (C=O) groups is 1. The van der Waals surface area contributed by atoms with Gasteiger partial charge < -0.3 is 15.5 Å². The summed E-state index contributed by atoms with van der Waals surface area (Å²) in [5.41, 5.74) is 0. The van der Waals surface area contributed by atoms with Crippen LogP contribution in [0.3, 0.4) is 0 Å². The zero-order valence-corrected chi connectivity index (χ0v) is 37.7. The number of unbranched alkanes of at least 4 members (excludes halogenated alkanes) is 31. The smallest absolute Gasteiger partial charge is 0.266 e. The van der Waals surface area contributed by atoms with E-state index in [0.717, 1.165) is 57.8 Å². The third-order valence-corrected chi connectivity index (χ3v) is 12.1. The van der Waals surface area contributed by atoms with Crippen LogP contribution < -0.4 is 5.32 Å². The summed E-state index contributed by atoms with van der Waals surface area (Å²) in [4.78, 5) is 12.7. The highest BCUT2D eigenvalue weighted by Gasteiger charge is 2.28. The predicted molar refractivity (Wildman–Crippen MR) is 241 cm³/mol. The van der Waals surface area contributed by atoms with E-state index < -0.39 is 40.0 Å². The van der Waals surface area contributed by atoms with Crippen molar-refractivity contribution in [3.05, 3.63) is 24.3 Å². The number of aliphatic hydroxyl groups is 2. The largest absolute Gasteiger partial charge is 0.391 e. The van der Waals surface area contributed by atoms with Crippen LogP contribution in [0.2, 0.25) is 0 Å². The van der Waals surface area contributed by atoms with Crippen molar-refractivity contribution in [2.24, 2.45) is 0 Å². The molecule has 56 heavy (non-hydrogen) atoms. The van der Waals surface area contributed by atoms with Crippen molar-refractivity contribution in [3.8, 4) is 0 Å². The standard InChI is InChI=1S/C48H93NO6S/c1-3-5-7-9-11-13-15-17-19-21-23-25-27-29-31-33-35-37-39-41-43-47(51)48(52)49-45(44-56(53,54)55)46(50)42-40-38-36-34-32-30-28-26-24-22-20-18-16-14-12-10-8-6-4-2/h5,7,11,13,45-47,50-51H,3-4,6,8-10,12,14-44H2,1-2H3,(H,49,52)(H,53,54,55)/b7-5-,13-11-. The first-order chi connectivity index (χ1) is 27.2. The van der Waals surface area contributed by atoms with Crippen molar-refractivity contribution in [2.45, 2.75) is 270 Å². The lowest BCUT2D eigenvalue weighted by Gasteiger charge is -2.24. The fraction of sp³-hybridized carbons (Fsp3) is 0.896. The molecule has 1 amide bonds. The average molecular weight is 812 g/mol. The van der Waals surface area contributed by atoms with Crippen LogP contribution in [0.4, 0.5) is 0 Å². The summed E-state index contributed by atoms with van der Waals surface area (Å²) in [5.74, 6) is -1.44. The van der Waals surface area contributed by atoms with Crippen molar-refractivity contribution >= 4 is 16.0 Å². The Morgan fingerprint density at radius 1 is 0.500 bits per heavy atom. The van der Waals surface area contributed by atoms with Gasteiger partial charge in [0, 0.05) is 0 Å². The molecule has 0 aliphatic heterocycles. The van der Waals surface area contributed by atoms with Gasteiger partial charge in [0.25, 0.3) is 10.1 Å². The average Bonchev–Trinajstić information content (AvgIpc) is 3.17. The van der Waals surface area contributed by atoms with Crippen LogP contribution in [0.5, 0.6) is 0 Å². The first-order valence-corrected chi connectivity index (χ1v) is 25.7. The van der Waals surface area contributed by atoms with Gasteiger partial charge >= 0.3 is 0 Å². The molecule has 0 aromatic heterocycles. The van der Waals surface area contributed by atoms with E-state index in [-0.39, 0.29) is 0 Å². The summed E-state index contributed by atoms with van der Waals surface area (Å²) in [7, 11) is -4.41. The fourth-order valence-electron chi connectivity index (χ4n) is 7.62. The molecule has 0 radical (unpaired) electrons. The van der Waals surface area contributed by atoms with E-state index in [1.165, 1.54) is 161 Å². The van der Waals surface area contributed by atoms with Gasteiger partial charge in [0.2, 0.25) is 5.91 Å². The number of rotatable bonds is 44. The van der Waals surface area contributed by atoms with Gasteiger partial charge in [-0.25, -0.2) is 0 Å². The predicted octanol–water partition coefficient (Wildman–Crippen LogP) is 13.7. The molecule has 0 saturated carbocycles. The second-order valence-electron chi connectivity index (χ2n) is 16.9. The summed E-state index contributed by atoms with van der Waals surface area (Å²) in [6, 6.07) is -1.15. The highest BCUT2D eigenvalue weighted by Crippen LogP contribution is 2.17. The Kier molecular flexibility index (Phi) is 41.0. The highest BCUT2D eigenvalue weighted by molar-refractivity contribution is 7.85. The second-order valence-corrected chi connectivity index (χ2v) is 18.4. The van der Waals surface area contributed by atoms with Gasteiger partial charge in [-0.3, -0.25) is 9.35 Å². The van der Waals surface area contributed by atoms with Crippen LogP contribution >= 0.6 is 0 Å². The fourth-order valence-corrected chi connectivity index (χ4v) is 8.38. The Hall–Kier alpha value is -1.22. The molecule has 0 saturated heterocycles. The molecule has 7 nitrogen and oxygen atoms in total. The summed E-state index contributed by atoms with van der Waals surface area (Å²) in [5, 5.41) is 23.7. The highest BCUT2D eigenvalue weighted by atomic mass is 32.2. The van der Waals surface area contributed by atoms with Crippen LogP contribution in [0.25, 0.3) is 0 Å². The topological polar surface area (TPSA) is 124 Å². The van der Waals surface area contributed by atoms with E-state index in [4.69, 9.17) is 0 Å². The zero-order valence-electron chi connectivity index (χ0n) is 36.9. The minimum absolute atomic E-state index is 0.298. The molecule has 3 unspecified atom stereocenters. The minimum Gasteiger partial charge on any atom is -0.391 e. The minimum atomic E-state index is -4.41. The molecule has 0 aliphatic rings. The van der Waals surface area contributed by atoms with Crippen molar-refractivity contribution in [2.75, 3.05) is 5.75 Å². The van der Waals surface area contributed by atoms with Crippen molar-refractivity contribution in [3.63, 3.8) is 0 Å². The molecular weight excluding hydrogens is 719 g/mol. The van der Waals surface area contributed by atoms with E-state index in [1.54, 1.807) is 0 Å². The van der Waals surface area contributed by atoms with Gasteiger partial charge in [0.05, 0.1) is 17.9 Å². The molecule has 332 valence electrons. The van der Waals surface area contributed by atoms with Crippen LogP contribution in [0.1, 0.15) is 251 Å². The Balaban J connectivity index is 3.86. The Bertz CT molecular complexity index is 1000. The molecule has 0 aliphatic carbocycles. The van der Waals surface area contributed by atoms with Gasteiger partial charge in [-0.1, -0.05) is 237 Å². The lowest BCUT2D eigenvalue weighted by atomic mass is 10.0. The van der Waals surface area contributed by atoms with Gasteiger partial charge in [0.15, 0.2) is 0 Å². The lowest BCUT2D eigenvalue weighted by Crippen LogP contribution is -2.50. The molecule has 0 bridgehead atoms. The van der Waals surface area contributed by atoms with Crippen LogP contribution in [-0.2, 0) is 14.9 Å². The maximum absolute atomic E-state index is 12.7. The molecule has 0 aromatic carbocycles. The Labute approximate surface area is 347 Å². The number of aliphatic hydroxyl groups excluding tert-OH is 2. The summed E-state index contributed by atoms with van der Waals surface area (Å²) < 4.78 is 32.7. The van der Waals surface area contributed by atoms with Crippen molar-refractivity contribution in [1.29, 1.82) is 0 Å². The number of carbonyl (C=O) groups excluding carboxylic acids is 1.